The van der Waals surface area contributed by atoms with E-state index in [1.807, 2.05) is 6.07 Å². The maximum atomic E-state index is 12.8. The molecule has 2 N–H and O–H groups in total. The molecule has 0 saturated carbocycles. The van der Waals surface area contributed by atoms with Crippen molar-refractivity contribution in [1.82, 2.24) is 4.72 Å². The van der Waals surface area contributed by atoms with Crippen molar-refractivity contribution in [2.75, 3.05) is 27.9 Å². The van der Waals surface area contributed by atoms with E-state index >= 15 is 0 Å². The third-order valence-corrected chi connectivity index (χ3v) is 6.47. The van der Waals surface area contributed by atoms with E-state index in [9.17, 15) is 13.5 Å². The molecule has 152 valence electrons. The highest BCUT2D eigenvalue weighted by molar-refractivity contribution is 7.89. The monoisotopic (exact) mass is 407 g/mol. The minimum absolute atomic E-state index is 0.0412. The molecule has 2 aromatic rings. The number of benzene rings is 2. The molecule has 0 heterocycles. The molecule has 1 aliphatic carbocycles. The third-order valence-electron chi connectivity index (χ3n) is 5.07. The van der Waals surface area contributed by atoms with Crippen LogP contribution in [-0.2, 0) is 22.0 Å². The van der Waals surface area contributed by atoms with E-state index < -0.39 is 15.6 Å². The number of ether oxygens (including phenoxy) is 3. The molecule has 0 amide bonds. The summed E-state index contributed by atoms with van der Waals surface area (Å²) in [6.45, 7) is -0.122. The Bertz CT molecular complexity index is 959. The van der Waals surface area contributed by atoms with Crippen LogP contribution in [0.25, 0.3) is 0 Å². The average molecular weight is 407 g/mol. The second-order valence-electron chi connectivity index (χ2n) is 6.75. The second kappa shape index (κ2) is 7.98. The lowest BCUT2D eigenvalue weighted by atomic mass is 9.79. The minimum atomic E-state index is -3.84. The number of aliphatic hydroxyl groups is 1. The fraction of sp³-hybridized carbons (Fsp3) is 0.400. The van der Waals surface area contributed by atoms with Crippen molar-refractivity contribution in [2.45, 2.75) is 29.8 Å². The van der Waals surface area contributed by atoms with Gasteiger partial charge in [0.1, 0.15) is 11.4 Å². The van der Waals surface area contributed by atoms with Crippen LogP contribution in [0.1, 0.15) is 24.0 Å². The predicted octanol–water partition coefficient (Wildman–Crippen LogP) is 2.21. The van der Waals surface area contributed by atoms with E-state index in [-0.39, 0.29) is 11.4 Å². The standard InChI is InChI=1S/C20H25NO6S/c1-25-15-6-8-17-14(11-15)5-4-10-20(17,22)13-21-28(23,24)16-7-9-18(26-2)19(12-16)27-3/h6-9,11-12,21-22H,4-5,10,13H2,1-3H3. The molecular formula is C20H25NO6S. The number of fused-ring (bicyclic) bond motifs is 1. The van der Waals surface area contributed by atoms with E-state index in [2.05, 4.69) is 4.72 Å². The maximum absolute atomic E-state index is 12.8. The Morgan fingerprint density at radius 1 is 1.04 bits per heavy atom. The van der Waals surface area contributed by atoms with Crippen LogP contribution in [0.3, 0.4) is 0 Å². The Labute approximate surface area is 165 Å². The molecule has 1 atom stereocenters. The van der Waals surface area contributed by atoms with Crippen molar-refractivity contribution >= 4 is 10.0 Å². The highest BCUT2D eigenvalue weighted by Gasteiger charge is 2.36. The fourth-order valence-corrected chi connectivity index (χ4v) is 4.63. The summed E-state index contributed by atoms with van der Waals surface area (Å²) in [7, 11) is 0.674. The topological polar surface area (TPSA) is 94.1 Å². The molecule has 1 aliphatic rings. The molecule has 0 radical (unpaired) electrons. The first-order valence-corrected chi connectivity index (χ1v) is 10.4. The number of rotatable bonds is 7. The third kappa shape index (κ3) is 3.94. The van der Waals surface area contributed by atoms with Crippen molar-refractivity contribution in [3.8, 4) is 17.2 Å². The average Bonchev–Trinajstić information content (AvgIpc) is 2.71. The van der Waals surface area contributed by atoms with E-state index in [0.717, 1.165) is 24.0 Å². The molecule has 0 spiro atoms. The first-order chi connectivity index (χ1) is 13.3. The highest BCUT2D eigenvalue weighted by atomic mass is 32.2. The largest absolute Gasteiger partial charge is 0.497 e. The van der Waals surface area contributed by atoms with Crippen LogP contribution in [0.5, 0.6) is 17.2 Å². The number of hydrogen-bond donors (Lipinski definition) is 2. The van der Waals surface area contributed by atoms with Crippen molar-refractivity contribution < 1.29 is 27.7 Å². The van der Waals surface area contributed by atoms with Gasteiger partial charge < -0.3 is 19.3 Å². The van der Waals surface area contributed by atoms with Gasteiger partial charge in [-0.2, -0.15) is 0 Å². The lowest BCUT2D eigenvalue weighted by Gasteiger charge is -2.34. The quantitative estimate of drug-likeness (QED) is 0.731. The van der Waals surface area contributed by atoms with Gasteiger partial charge in [-0.1, -0.05) is 6.07 Å². The number of methoxy groups -OCH3 is 3. The number of hydrogen-bond acceptors (Lipinski definition) is 6. The number of sulfonamides is 1. The summed E-state index contributed by atoms with van der Waals surface area (Å²) in [5, 5.41) is 11.2. The van der Waals surface area contributed by atoms with Gasteiger partial charge in [0.15, 0.2) is 11.5 Å². The van der Waals surface area contributed by atoms with Crippen molar-refractivity contribution in [2.24, 2.45) is 0 Å². The van der Waals surface area contributed by atoms with Crippen molar-refractivity contribution in [1.29, 1.82) is 0 Å². The van der Waals surface area contributed by atoms with Crippen LogP contribution in [0.4, 0.5) is 0 Å². The molecule has 28 heavy (non-hydrogen) atoms. The molecule has 7 nitrogen and oxygen atoms in total. The zero-order valence-corrected chi connectivity index (χ0v) is 17.0. The Morgan fingerprint density at radius 3 is 2.46 bits per heavy atom. The van der Waals surface area contributed by atoms with Gasteiger partial charge in [0.2, 0.25) is 10.0 Å². The molecule has 0 saturated heterocycles. The zero-order chi connectivity index (χ0) is 20.4. The molecule has 0 aromatic heterocycles. The van der Waals surface area contributed by atoms with E-state index in [4.69, 9.17) is 14.2 Å². The normalized spacial score (nSPS) is 19.0. The lowest BCUT2D eigenvalue weighted by Crippen LogP contribution is -2.42. The van der Waals surface area contributed by atoms with Crippen LogP contribution in [-0.4, -0.2) is 41.4 Å². The van der Waals surface area contributed by atoms with Gasteiger partial charge in [-0.3, -0.25) is 0 Å². The van der Waals surface area contributed by atoms with Crippen LogP contribution in [0.15, 0.2) is 41.3 Å². The Hall–Kier alpha value is -2.29. The summed E-state index contributed by atoms with van der Waals surface area (Å²) in [5.74, 6) is 1.48. The SMILES string of the molecule is COc1ccc2c(c1)CCCC2(O)CNS(=O)(=O)c1ccc(OC)c(OC)c1. The number of aryl methyl sites for hydroxylation is 1. The van der Waals surface area contributed by atoms with Gasteiger partial charge in [0, 0.05) is 12.6 Å². The van der Waals surface area contributed by atoms with E-state index in [1.165, 1.54) is 32.4 Å². The lowest BCUT2D eigenvalue weighted by molar-refractivity contribution is 0.0242. The van der Waals surface area contributed by atoms with E-state index in [1.54, 1.807) is 19.2 Å². The molecule has 3 rings (SSSR count). The first kappa shape index (κ1) is 20.4. The molecule has 8 heteroatoms. The van der Waals surface area contributed by atoms with Gasteiger partial charge >= 0.3 is 0 Å². The first-order valence-electron chi connectivity index (χ1n) is 8.94. The van der Waals surface area contributed by atoms with Crippen LogP contribution < -0.4 is 18.9 Å². The molecule has 2 aromatic carbocycles. The summed E-state index contributed by atoms with van der Waals surface area (Å²) in [5.41, 5.74) is 0.428. The van der Waals surface area contributed by atoms with Gasteiger partial charge in [-0.25, -0.2) is 13.1 Å². The van der Waals surface area contributed by atoms with Crippen molar-refractivity contribution in [3.05, 3.63) is 47.5 Å². The molecule has 0 bridgehead atoms. The van der Waals surface area contributed by atoms with Crippen LogP contribution in [0, 0.1) is 0 Å². The summed E-state index contributed by atoms with van der Waals surface area (Å²) < 4.78 is 43.6. The second-order valence-corrected chi connectivity index (χ2v) is 8.52. The fourth-order valence-electron chi connectivity index (χ4n) is 3.53. The number of nitrogens with one attached hydrogen (secondary N) is 1. The summed E-state index contributed by atoms with van der Waals surface area (Å²) in [6, 6.07) is 9.83. The molecule has 0 fully saturated rings. The van der Waals surface area contributed by atoms with Crippen molar-refractivity contribution in [3.63, 3.8) is 0 Å². The highest BCUT2D eigenvalue weighted by Crippen LogP contribution is 2.37. The maximum Gasteiger partial charge on any atom is 0.240 e. The Morgan fingerprint density at radius 2 is 1.79 bits per heavy atom. The van der Waals surface area contributed by atoms with Crippen LogP contribution >= 0.6 is 0 Å². The minimum Gasteiger partial charge on any atom is -0.497 e. The summed E-state index contributed by atoms with van der Waals surface area (Å²) in [4.78, 5) is 0.0412. The van der Waals surface area contributed by atoms with E-state index in [0.29, 0.717) is 23.7 Å². The van der Waals surface area contributed by atoms with Gasteiger partial charge in [0.05, 0.1) is 26.2 Å². The van der Waals surface area contributed by atoms with Gasteiger partial charge in [0.25, 0.3) is 0 Å². The van der Waals surface area contributed by atoms with Crippen LogP contribution in [0.2, 0.25) is 0 Å². The smallest absolute Gasteiger partial charge is 0.240 e. The van der Waals surface area contributed by atoms with Gasteiger partial charge in [-0.15, -0.1) is 0 Å². The molecular weight excluding hydrogens is 382 g/mol. The molecule has 1 unspecified atom stereocenters. The summed E-state index contributed by atoms with van der Waals surface area (Å²) in [6.07, 6.45) is 2.05. The molecule has 0 aliphatic heterocycles. The van der Waals surface area contributed by atoms with Gasteiger partial charge in [-0.05, 0) is 54.7 Å². The Balaban J connectivity index is 1.84. The Kier molecular flexibility index (Phi) is 5.83. The predicted molar refractivity (Wildman–Crippen MR) is 105 cm³/mol. The summed E-state index contributed by atoms with van der Waals surface area (Å²) >= 11 is 0. The zero-order valence-electron chi connectivity index (χ0n) is 16.2.